The summed E-state index contributed by atoms with van der Waals surface area (Å²) >= 11 is 0. The van der Waals surface area contributed by atoms with Crippen LogP contribution in [0.4, 0.5) is 5.69 Å². The Labute approximate surface area is 128 Å². The van der Waals surface area contributed by atoms with Crippen molar-refractivity contribution in [3.8, 4) is 0 Å². The predicted molar refractivity (Wildman–Crippen MR) is 87.7 cm³/mol. The monoisotopic (exact) mass is 289 g/mol. The summed E-state index contributed by atoms with van der Waals surface area (Å²) in [6.45, 7) is 7.37. The van der Waals surface area contributed by atoms with Crippen molar-refractivity contribution in [3.05, 3.63) is 29.8 Å². The van der Waals surface area contributed by atoms with Crippen molar-refractivity contribution in [2.24, 2.45) is 0 Å². The van der Waals surface area contributed by atoms with Crippen molar-refractivity contribution >= 4 is 11.6 Å². The Morgan fingerprint density at radius 2 is 2.14 bits per heavy atom. The molecular weight excluding hydrogens is 262 g/mol. The zero-order chi connectivity index (χ0) is 15.2. The minimum Gasteiger partial charge on any atom is -0.315 e. The molecule has 2 rings (SSSR count). The fourth-order valence-corrected chi connectivity index (χ4v) is 2.98. The molecule has 1 aliphatic heterocycles. The van der Waals surface area contributed by atoms with Gasteiger partial charge in [-0.1, -0.05) is 18.2 Å². The van der Waals surface area contributed by atoms with Gasteiger partial charge in [-0.3, -0.25) is 9.69 Å². The van der Waals surface area contributed by atoms with Crippen LogP contribution in [0.15, 0.2) is 24.3 Å². The Morgan fingerprint density at radius 1 is 1.38 bits per heavy atom. The van der Waals surface area contributed by atoms with Gasteiger partial charge in [0.05, 0.1) is 6.54 Å². The van der Waals surface area contributed by atoms with Crippen molar-refractivity contribution in [2.75, 3.05) is 38.1 Å². The lowest BCUT2D eigenvalue weighted by Crippen LogP contribution is -2.48. The second kappa shape index (κ2) is 7.57. The molecule has 1 amide bonds. The third kappa shape index (κ3) is 4.05. The molecule has 1 unspecified atom stereocenters. The van der Waals surface area contributed by atoms with E-state index in [2.05, 4.69) is 30.3 Å². The number of nitrogens with zero attached hydrogens (tertiary/aromatic N) is 2. The average Bonchev–Trinajstić information content (AvgIpc) is 2.50. The van der Waals surface area contributed by atoms with E-state index in [4.69, 9.17) is 0 Å². The van der Waals surface area contributed by atoms with Crippen LogP contribution in [0.25, 0.3) is 0 Å². The van der Waals surface area contributed by atoms with Crippen LogP contribution in [-0.4, -0.2) is 50.1 Å². The summed E-state index contributed by atoms with van der Waals surface area (Å²) in [6, 6.07) is 8.56. The molecular formula is C17H27N3O. The van der Waals surface area contributed by atoms with Gasteiger partial charge in [0.25, 0.3) is 0 Å². The molecule has 4 heteroatoms. The Balaban J connectivity index is 2.01. The number of para-hydroxylation sites is 1. The Hall–Kier alpha value is -1.39. The van der Waals surface area contributed by atoms with Gasteiger partial charge in [0.2, 0.25) is 5.91 Å². The fourth-order valence-electron chi connectivity index (χ4n) is 2.98. The van der Waals surface area contributed by atoms with Gasteiger partial charge in [-0.15, -0.1) is 0 Å². The molecule has 0 spiro atoms. The zero-order valence-electron chi connectivity index (χ0n) is 13.4. The number of amides is 1. The first kappa shape index (κ1) is 16.0. The van der Waals surface area contributed by atoms with Crippen LogP contribution in [0.2, 0.25) is 0 Å². The quantitative estimate of drug-likeness (QED) is 0.901. The van der Waals surface area contributed by atoms with E-state index in [9.17, 15) is 4.79 Å². The van der Waals surface area contributed by atoms with E-state index in [-0.39, 0.29) is 5.91 Å². The van der Waals surface area contributed by atoms with Gasteiger partial charge in [-0.2, -0.15) is 0 Å². The molecule has 0 radical (unpaired) electrons. The Morgan fingerprint density at radius 3 is 2.76 bits per heavy atom. The van der Waals surface area contributed by atoms with Crippen molar-refractivity contribution in [1.29, 1.82) is 0 Å². The molecule has 116 valence electrons. The third-order valence-corrected chi connectivity index (χ3v) is 4.30. The third-order valence-electron chi connectivity index (χ3n) is 4.30. The summed E-state index contributed by atoms with van der Waals surface area (Å²) in [5.74, 6) is 0.180. The highest BCUT2D eigenvalue weighted by molar-refractivity contribution is 5.95. The number of anilines is 1. The lowest BCUT2D eigenvalue weighted by molar-refractivity contribution is -0.120. The molecule has 1 aliphatic rings. The van der Waals surface area contributed by atoms with Crippen molar-refractivity contribution in [3.63, 3.8) is 0 Å². The molecule has 0 saturated carbocycles. The molecule has 1 atom stereocenters. The summed E-state index contributed by atoms with van der Waals surface area (Å²) < 4.78 is 0. The predicted octanol–water partition coefficient (Wildman–Crippen LogP) is 2.03. The maximum absolute atomic E-state index is 12.6. The summed E-state index contributed by atoms with van der Waals surface area (Å²) in [4.78, 5) is 16.7. The molecule has 1 saturated heterocycles. The van der Waals surface area contributed by atoms with Crippen molar-refractivity contribution in [1.82, 2.24) is 10.2 Å². The molecule has 1 fully saturated rings. The molecule has 0 bridgehead atoms. The van der Waals surface area contributed by atoms with Crippen LogP contribution in [-0.2, 0) is 4.79 Å². The molecule has 0 aliphatic carbocycles. The summed E-state index contributed by atoms with van der Waals surface area (Å²) in [5, 5.41) is 3.41. The zero-order valence-corrected chi connectivity index (χ0v) is 13.4. The largest absolute Gasteiger partial charge is 0.315 e. The number of aryl methyl sites for hydroxylation is 1. The van der Waals surface area contributed by atoms with E-state index in [0.29, 0.717) is 19.1 Å². The number of hydrogen-bond acceptors (Lipinski definition) is 3. The number of hydrogen-bond donors (Lipinski definition) is 1. The smallest absolute Gasteiger partial charge is 0.241 e. The van der Waals surface area contributed by atoms with E-state index in [1.54, 1.807) is 0 Å². The number of nitrogens with one attached hydrogen (secondary N) is 1. The van der Waals surface area contributed by atoms with E-state index in [1.165, 1.54) is 12.8 Å². The first-order chi connectivity index (χ1) is 10.1. The number of benzene rings is 1. The number of piperidine rings is 1. The van der Waals surface area contributed by atoms with Crippen LogP contribution in [0.1, 0.15) is 25.3 Å². The van der Waals surface area contributed by atoms with Crippen LogP contribution in [0.5, 0.6) is 0 Å². The average molecular weight is 289 g/mol. The molecule has 1 heterocycles. The molecule has 0 aromatic heterocycles. The maximum Gasteiger partial charge on any atom is 0.241 e. The van der Waals surface area contributed by atoms with Crippen LogP contribution in [0.3, 0.4) is 0 Å². The van der Waals surface area contributed by atoms with Gasteiger partial charge in [-0.05, 0) is 51.9 Å². The lowest BCUT2D eigenvalue weighted by atomic mass is 10.1. The van der Waals surface area contributed by atoms with Gasteiger partial charge >= 0.3 is 0 Å². The number of likely N-dealkylation sites (N-methyl/N-ethyl adjacent to an activating group) is 2. The summed E-state index contributed by atoms with van der Waals surface area (Å²) in [7, 11) is 2.06. The molecule has 4 nitrogen and oxygen atoms in total. The second-order valence-corrected chi connectivity index (χ2v) is 5.84. The molecule has 21 heavy (non-hydrogen) atoms. The summed E-state index contributed by atoms with van der Waals surface area (Å²) in [6.07, 6.45) is 2.37. The van der Waals surface area contributed by atoms with Gasteiger partial charge < -0.3 is 10.2 Å². The van der Waals surface area contributed by atoms with Crippen LogP contribution < -0.4 is 10.2 Å². The van der Waals surface area contributed by atoms with E-state index >= 15 is 0 Å². The lowest BCUT2D eigenvalue weighted by Gasteiger charge is -2.33. The van der Waals surface area contributed by atoms with Gasteiger partial charge in [0.1, 0.15) is 0 Å². The van der Waals surface area contributed by atoms with E-state index < -0.39 is 0 Å². The van der Waals surface area contributed by atoms with Crippen LogP contribution >= 0.6 is 0 Å². The first-order valence-electron chi connectivity index (χ1n) is 7.90. The number of carbonyl (C=O) groups excluding carboxylic acids is 1. The number of carbonyl (C=O) groups is 1. The van der Waals surface area contributed by atoms with E-state index in [0.717, 1.165) is 24.3 Å². The molecule has 1 aromatic carbocycles. The minimum absolute atomic E-state index is 0.180. The van der Waals surface area contributed by atoms with Gasteiger partial charge in [-0.25, -0.2) is 0 Å². The van der Waals surface area contributed by atoms with Gasteiger partial charge in [0.15, 0.2) is 0 Å². The van der Waals surface area contributed by atoms with Gasteiger partial charge in [0, 0.05) is 24.8 Å². The number of rotatable bonds is 5. The SMILES string of the molecule is CCN(C(=O)CN(C)C1CCCNC1)c1ccccc1C. The minimum atomic E-state index is 0.180. The topological polar surface area (TPSA) is 35.6 Å². The highest BCUT2D eigenvalue weighted by Crippen LogP contribution is 2.20. The fraction of sp³-hybridized carbons (Fsp3) is 0.588. The second-order valence-electron chi connectivity index (χ2n) is 5.84. The summed E-state index contributed by atoms with van der Waals surface area (Å²) in [5.41, 5.74) is 2.18. The van der Waals surface area contributed by atoms with Crippen molar-refractivity contribution < 1.29 is 4.79 Å². The highest BCUT2D eigenvalue weighted by atomic mass is 16.2. The standard InChI is InChI=1S/C17H27N3O/c1-4-20(16-10-6-5-8-14(16)2)17(21)13-19(3)15-9-7-11-18-12-15/h5-6,8,10,15,18H,4,7,9,11-13H2,1-3H3. The van der Waals surface area contributed by atoms with E-state index in [1.807, 2.05) is 30.0 Å². The normalized spacial score (nSPS) is 18.8. The van der Waals surface area contributed by atoms with Crippen molar-refractivity contribution in [2.45, 2.75) is 32.7 Å². The Bertz CT molecular complexity index is 469. The molecule has 1 aromatic rings. The van der Waals surface area contributed by atoms with Crippen LogP contribution in [0, 0.1) is 6.92 Å². The first-order valence-corrected chi connectivity index (χ1v) is 7.90. The Kier molecular flexibility index (Phi) is 5.76. The maximum atomic E-state index is 12.6. The molecule has 1 N–H and O–H groups in total. The highest BCUT2D eigenvalue weighted by Gasteiger charge is 2.22.